The van der Waals surface area contributed by atoms with Crippen LogP contribution >= 0.6 is 11.6 Å². The third-order valence-corrected chi connectivity index (χ3v) is 3.63. The van der Waals surface area contributed by atoms with E-state index in [4.69, 9.17) is 11.6 Å². The smallest absolute Gasteiger partial charge is 0.219 e. The molecule has 1 aromatic carbocycles. The van der Waals surface area contributed by atoms with Crippen LogP contribution in [0.3, 0.4) is 0 Å². The Kier molecular flexibility index (Phi) is 3.62. The summed E-state index contributed by atoms with van der Waals surface area (Å²) in [7, 11) is 0. The van der Waals surface area contributed by atoms with Gasteiger partial charge in [-0.05, 0) is 31.2 Å². The lowest BCUT2D eigenvalue weighted by Crippen LogP contribution is -3.14. The average molecular weight is 239 g/mol. The summed E-state index contributed by atoms with van der Waals surface area (Å²) in [6, 6.07) is 7.26. The van der Waals surface area contributed by atoms with Crippen LogP contribution in [0.5, 0.6) is 0 Å². The second kappa shape index (κ2) is 4.98. The summed E-state index contributed by atoms with van der Waals surface area (Å²) in [4.78, 5) is 13.6. The number of halogens is 1. The molecule has 86 valence electrons. The highest BCUT2D eigenvalue weighted by Crippen LogP contribution is 2.10. The number of Topliss-reactive ketones (excluding diaryl/α,β-unsaturated/α-hetero) is 1. The van der Waals surface area contributed by atoms with Gasteiger partial charge in [-0.3, -0.25) is 4.79 Å². The SMILES string of the molecule is CC(C(=O)c1ccc(Cl)cc1)[NH+]1CCCC1. The normalized spacial score (nSPS) is 18.6. The molecule has 1 heterocycles. The minimum Gasteiger partial charge on any atom is -0.326 e. The number of hydrogen-bond donors (Lipinski definition) is 1. The molecule has 1 atom stereocenters. The van der Waals surface area contributed by atoms with Crippen LogP contribution in [0.25, 0.3) is 0 Å². The Morgan fingerprint density at radius 3 is 2.38 bits per heavy atom. The zero-order chi connectivity index (χ0) is 11.5. The first-order chi connectivity index (χ1) is 7.68. The molecule has 1 unspecified atom stereocenters. The van der Waals surface area contributed by atoms with Gasteiger partial charge in [0, 0.05) is 23.4 Å². The van der Waals surface area contributed by atoms with Crippen molar-refractivity contribution in [2.45, 2.75) is 25.8 Å². The van der Waals surface area contributed by atoms with Crippen LogP contribution in [0.2, 0.25) is 5.02 Å². The Morgan fingerprint density at radius 2 is 1.81 bits per heavy atom. The van der Waals surface area contributed by atoms with E-state index < -0.39 is 0 Å². The first-order valence-electron chi connectivity index (χ1n) is 5.83. The lowest BCUT2D eigenvalue weighted by Gasteiger charge is -2.19. The van der Waals surface area contributed by atoms with Crippen molar-refractivity contribution in [1.29, 1.82) is 0 Å². The number of ketones is 1. The number of hydrogen-bond acceptors (Lipinski definition) is 1. The molecule has 3 heteroatoms. The van der Waals surface area contributed by atoms with Gasteiger partial charge in [0.05, 0.1) is 13.1 Å². The van der Waals surface area contributed by atoms with Crippen LogP contribution in [0.15, 0.2) is 24.3 Å². The summed E-state index contributed by atoms with van der Waals surface area (Å²) in [5, 5.41) is 0.678. The molecule has 2 rings (SSSR count). The minimum absolute atomic E-state index is 0.0728. The van der Waals surface area contributed by atoms with Crippen LogP contribution in [0.1, 0.15) is 30.1 Å². The second-order valence-corrected chi connectivity index (χ2v) is 4.89. The Balaban J connectivity index is 2.08. The van der Waals surface area contributed by atoms with Crippen molar-refractivity contribution in [3.8, 4) is 0 Å². The molecule has 1 N–H and O–H groups in total. The number of quaternary nitrogens is 1. The molecule has 16 heavy (non-hydrogen) atoms. The van der Waals surface area contributed by atoms with Gasteiger partial charge < -0.3 is 4.90 Å². The Hall–Kier alpha value is -0.860. The van der Waals surface area contributed by atoms with E-state index in [1.54, 1.807) is 12.1 Å². The maximum absolute atomic E-state index is 12.2. The standard InChI is InChI=1S/C13H16ClNO/c1-10(15-8-2-3-9-15)13(16)11-4-6-12(14)7-5-11/h4-7,10H,2-3,8-9H2,1H3/p+1. The van der Waals surface area contributed by atoms with Crippen LogP contribution in [-0.4, -0.2) is 24.9 Å². The Morgan fingerprint density at radius 1 is 1.25 bits per heavy atom. The number of nitrogens with one attached hydrogen (secondary N) is 1. The molecule has 0 saturated carbocycles. The summed E-state index contributed by atoms with van der Waals surface area (Å²) < 4.78 is 0. The van der Waals surface area contributed by atoms with Gasteiger partial charge in [0.2, 0.25) is 5.78 Å². The zero-order valence-electron chi connectivity index (χ0n) is 9.50. The number of carbonyl (C=O) groups excluding carboxylic acids is 1. The molecule has 1 saturated heterocycles. The monoisotopic (exact) mass is 238 g/mol. The van der Waals surface area contributed by atoms with Gasteiger partial charge in [-0.2, -0.15) is 0 Å². The fourth-order valence-electron chi connectivity index (χ4n) is 2.31. The van der Waals surface area contributed by atoms with Crippen molar-refractivity contribution in [3.63, 3.8) is 0 Å². The molecule has 0 amide bonds. The van der Waals surface area contributed by atoms with E-state index in [1.165, 1.54) is 17.7 Å². The van der Waals surface area contributed by atoms with Crippen molar-refractivity contribution in [1.82, 2.24) is 0 Å². The van der Waals surface area contributed by atoms with Crippen LogP contribution in [0, 0.1) is 0 Å². The summed E-state index contributed by atoms with van der Waals surface area (Å²) in [6.45, 7) is 4.28. The first kappa shape index (κ1) is 11.6. The van der Waals surface area contributed by atoms with Gasteiger partial charge in [0.1, 0.15) is 6.04 Å². The molecule has 1 aliphatic rings. The van der Waals surface area contributed by atoms with E-state index in [-0.39, 0.29) is 11.8 Å². The largest absolute Gasteiger partial charge is 0.326 e. The minimum atomic E-state index is 0.0728. The number of benzene rings is 1. The topological polar surface area (TPSA) is 21.5 Å². The molecular weight excluding hydrogens is 222 g/mol. The number of likely N-dealkylation sites (tertiary alicyclic amines) is 1. The first-order valence-corrected chi connectivity index (χ1v) is 6.20. The molecular formula is C13H17ClNO+. The van der Waals surface area contributed by atoms with Crippen molar-refractivity contribution in [2.75, 3.05) is 13.1 Å². The molecule has 0 aliphatic carbocycles. The summed E-state index contributed by atoms with van der Waals surface area (Å²) in [5.74, 6) is 0.230. The van der Waals surface area contributed by atoms with Crippen LogP contribution in [-0.2, 0) is 0 Å². The lowest BCUT2D eigenvalue weighted by molar-refractivity contribution is -0.901. The maximum atomic E-state index is 12.2. The van der Waals surface area contributed by atoms with Crippen molar-refractivity contribution >= 4 is 17.4 Å². The third-order valence-electron chi connectivity index (χ3n) is 3.38. The molecule has 0 spiro atoms. The van der Waals surface area contributed by atoms with Crippen LogP contribution in [0.4, 0.5) is 0 Å². The molecule has 0 aromatic heterocycles. The van der Waals surface area contributed by atoms with Gasteiger partial charge in [0.15, 0.2) is 0 Å². The van der Waals surface area contributed by atoms with E-state index in [1.807, 2.05) is 19.1 Å². The molecule has 0 bridgehead atoms. The lowest BCUT2D eigenvalue weighted by atomic mass is 10.0. The molecule has 2 nitrogen and oxygen atoms in total. The van der Waals surface area contributed by atoms with Gasteiger partial charge in [-0.1, -0.05) is 11.6 Å². The fourth-order valence-corrected chi connectivity index (χ4v) is 2.44. The molecule has 1 fully saturated rings. The summed E-state index contributed by atoms with van der Waals surface area (Å²) in [6.07, 6.45) is 2.49. The van der Waals surface area contributed by atoms with Gasteiger partial charge in [-0.25, -0.2) is 0 Å². The van der Waals surface area contributed by atoms with E-state index in [0.29, 0.717) is 5.02 Å². The van der Waals surface area contributed by atoms with Crippen molar-refractivity contribution in [2.24, 2.45) is 0 Å². The second-order valence-electron chi connectivity index (χ2n) is 4.46. The van der Waals surface area contributed by atoms with Gasteiger partial charge in [-0.15, -0.1) is 0 Å². The highest BCUT2D eigenvalue weighted by atomic mass is 35.5. The molecule has 0 radical (unpaired) electrons. The van der Waals surface area contributed by atoms with E-state index >= 15 is 0 Å². The maximum Gasteiger partial charge on any atom is 0.219 e. The summed E-state index contributed by atoms with van der Waals surface area (Å²) >= 11 is 5.81. The quantitative estimate of drug-likeness (QED) is 0.794. The van der Waals surface area contributed by atoms with Gasteiger partial charge >= 0.3 is 0 Å². The molecule has 1 aromatic rings. The van der Waals surface area contributed by atoms with E-state index in [2.05, 4.69) is 0 Å². The Bertz CT molecular complexity index is 368. The fraction of sp³-hybridized carbons (Fsp3) is 0.462. The van der Waals surface area contributed by atoms with E-state index in [9.17, 15) is 4.79 Å². The predicted molar refractivity (Wildman–Crippen MR) is 65.2 cm³/mol. The zero-order valence-corrected chi connectivity index (χ0v) is 10.3. The van der Waals surface area contributed by atoms with Crippen molar-refractivity contribution in [3.05, 3.63) is 34.9 Å². The third kappa shape index (κ3) is 2.45. The highest BCUT2D eigenvalue weighted by molar-refractivity contribution is 6.30. The number of rotatable bonds is 3. The van der Waals surface area contributed by atoms with Gasteiger partial charge in [0.25, 0.3) is 0 Å². The number of carbonyl (C=O) groups is 1. The molecule has 1 aliphatic heterocycles. The average Bonchev–Trinajstić information content (AvgIpc) is 2.81. The van der Waals surface area contributed by atoms with E-state index in [0.717, 1.165) is 18.7 Å². The highest BCUT2D eigenvalue weighted by Gasteiger charge is 2.28. The van der Waals surface area contributed by atoms with Crippen molar-refractivity contribution < 1.29 is 9.69 Å². The summed E-state index contributed by atoms with van der Waals surface area (Å²) in [5.41, 5.74) is 0.774. The van der Waals surface area contributed by atoms with Crippen LogP contribution < -0.4 is 4.90 Å². The Labute approximate surface area is 101 Å². The predicted octanol–water partition coefficient (Wildman–Crippen LogP) is 1.59.